The molecular formula is C55H31NO2. The van der Waals surface area contributed by atoms with Gasteiger partial charge in [0.2, 0.25) is 0 Å². The predicted octanol–water partition coefficient (Wildman–Crippen LogP) is 15.1. The summed E-state index contributed by atoms with van der Waals surface area (Å²) in [6.45, 7) is 0. The fourth-order valence-corrected chi connectivity index (χ4v) is 10.4. The summed E-state index contributed by atoms with van der Waals surface area (Å²) in [6.07, 6.45) is 0.914. The van der Waals surface area contributed by atoms with Crippen LogP contribution in [0.15, 0.2) is 185 Å². The quantitative estimate of drug-likeness (QED) is 0.168. The van der Waals surface area contributed by atoms with Crippen molar-refractivity contribution in [2.45, 2.75) is 6.42 Å². The molecule has 3 heteroatoms. The summed E-state index contributed by atoms with van der Waals surface area (Å²) in [5.41, 5.74) is 22.0. The molecule has 0 atom stereocenters. The SMILES string of the molecule is c1ccc(-n2c3ccccc3c3cc4c(cc32)-c2cc3c(cc2-c2cc5c(cc2-c2cc6oc7ccccc7c6cc2-4)oc2ccccc25)-c2ccccc2C3)cc1. The molecule has 2 aliphatic carbocycles. The second-order valence-electron chi connectivity index (χ2n) is 16.0. The van der Waals surface area contributed by atoms with E-state index in [1.54, 1.807) is 0 Å². The lowest BCUT2D eigenvalue weighted by atomic mass is 9.78. The van der Waals surface area contributed by atoms with Crippen LogP contribution in [0, 0.1) is 0 Å². The maximum absolute atomic E-state index is 6.65. The van der Waals surface area contributed by atoms with Crippen molar-refractivity contribution in [1.82, 2.24) is 4.57 Å². The smallest absolute Gasteiger partial charge is 0.136 e. The van der Waals surface area contributed by atoms with Crippen LogP contribution < -0.4 is 0 Å². The van der Waals surface area contributed by atoms with E-state index in [0.29, 0.717) is 0 Å². The molecule has 9 aromatic carbocycles. The van der Waals surface area contributed by atoms with E-state index in [2.05, 4.69) is 180 Å². The van der Waals surface area contributed by atoms with Crippen LogP contribution in [0.1, 0.15) is 11.1 Å². The van der Waals surface area contributed by atoms with Crippen molar-refractivity contribution in [1.29, 1.82) is 0 Å². The molecular weight excluding hydrogens is 707 g/mol. The Morgan fingerprint density at radius 3 is 1.52 bits per heavy atom. The van der Waals surface area contributed by atoms with Crippen molar-refractivity contribution in [2.24, 2.45) is 0 Å². The highest BCUT2D eigenvalue weighted by molar-refractivity contribution is 6.19. The average Bonchev–Trinajstić information content (AvgIpc) is 4.02. The number of furan rings is 2. The van der Waals surface area contributed by atoms with E-state index in [1.807, 2.05) is 0 Å². The molecule has 3 heterocycles. The molecule has 0 N–H and O–H groups in total. The van der Waals surface area contributed by atoms with Gasteiger partial charge in [-0.25, -0.2) is 0 Å². The van der Waals surface area contributed by atoms with Crippen LogP contribution in [0.4, 0.5) is 0 Å². The van der Waals surface area contributed by atoms with Crippen molar-refractivity contribution in [3.8, 4) is 61.3 Å². The zero-order valence-corrected chi connectivity index (χ0v) is 31.2. The number of benzene rings is 9. The third kappa shape index (κ3) is 4.02. The van der Waals surface area contributed by atoms with Gasteiger partial charge < -0.3 is 13.4 Å². The van der Waals surface area contributed by atoms with Gasteiger partial charge in [-0.3, -0.25) is 0 Å². The number of hydrogen-bond donors (Lipinski definition) is 0. The van der Waals surface area contributed by atoms with Crippen molar-refractivity contribution in [3.05, 3.63) is 187 Å². The molecule has 0 fully saturated rings. The Morgan fingerprint density at radius 1 is 0.293 bits per heavy atom. The van der Waals surface area contributed by atoms with Gasteiger partial charge in [0.25, 0.3) is 0 Å². The molecule has 0 radical (unpaired) electrons. The Morgan fingerprint density at radius 2 is 0.810 bits per heavy atom. The maximum Gasteiger partial charge on any atom is 0.136 e. The standard InChI is InChI=1S/C55H31NO2/c1-2-13-33(14-3-1)56-50-19-9-6-16-35(50)47-25-41-43-27-49-37-18-8-11-21-53(37)58-55(49)30-46(43)45-29-54-48(36-17-7-10-20-52(36)57-54)26-42(45)40-24-38-32(22-31-12-4-5-15-34(31)38)23-39(40)44(41)28-51(47)56/h1-21,23-30H,22H2. The minimum absolute atomic E-state index is 0.877. The van der Waals surface area contributed by atoms with Crippen LogP contribution in [-0.2, 0) is 6.42 Å². The fourth-order valence-electron chi connectivity index (χ4n) is 10.4. The summed E-state index contributed by atoms with van der Waals surface area (Å²) in [5, 5.41) is 6.94. The molecule has 14 rings (SSSR count). The van der Waals surface area contributed by atoms with Gasteiger partial charge in [-0.15, -0.1) is 0 Å². The van der Waals surface area contributed by atoms with E-state index >= 15 is 0 Å². The average molecular weight is 738 g/mol. The highest BCUT2D eigenvalue weighted by Gasteiger charge is 2.30. The first kappa shape index (κ1) is 30.6. The predicted molar refractivity (Wildman–Crippen MR) is 239 cm³/mol. The third-order valence-corrected chi connectivity index (χ3v) is 13.0. The van der Waals surface area contributed by atoms with Crippen LogP contribution in [0.2, 0.25) is 0 Å². The molecule has 268 valence electrons. The third-order valence-electron chi connectivity index (χ3n) is 13.0. The zero-order chi connectivity index (χ0) is 37.6. The molecule has 0 saturated heterocycles. The summed E-state index contributed by atoms with van der Waals surface area (Å²) in [6, 6.07) is 64.6. The Balaban J connectivity index is 1.20. The highest BCUT2D eigenvalue weighted by atomic mass is 16.3. The van der Waals surface area contributed by atoms with Crippen LogP contribution in [0.3, 0.4) is 0 Å². The number of hydrogen-bond acceptors (Lipinski definition) is 2. The minimum atomic E-state index is 0.877. The van der Waals surface area contributed by atoms with Gasteiger partial charge in [0.15, 0.2) is 0 Å². The Bertz CT molecular complexity index is 3760. The molecule has 0 aliphatic heterocycles. The first-order valence-electron chi connectivity index (χ1n) is 20.0. The van der Waals surface area contributed by atoms with E-state index in [-0.39, 0.29) is 0 Å². The largest absolute Gasteiger partial charge is 0.456 e. The van der Waals surface area contributed by atoms with Gasteiger partial charge in [0, 0.05) is 38.0 Å². The topological polar surface area (TPSA) is 31.2 Å². The minimum Gasteiger partial charge on any atom is -0.456 e. The van der Waals surface area contributed by atoms with Crippen molar-refractivity contribution in [2.75, 3.05) is 0 Å². The van der Waals surface area contributed by atoms with Gasteiger partial charge in [-0.1, -0.05) is 97.1 Å². The molecule has 58 heavy (non-hydrogen) atoms. The van der Waals surface area contributed by atoms with Crippen molar-refractivity contribution < 1.29 is 8.83 Å². The van der Waals surface area contributed by atoms with Crippen LogP contribution in [-0.4, -0.2) is 4.57 Å². The number of fused-ring (bicyclic) bond motifs is 20. The second kappa shape index (κ2) is 11.0. The monoisotopic (exact) mass is 737 g/mol. The molecule has 2 aliphatic rings. The summed E-state index contributed by atoms with van der Waals surface area (Å²) < 4.78 is 15.7. The molecule has 0 amide bonds. The number of aromatic nitrogens is 1. The van der Waals surface area contributed by atoms with Gasteiger partial charge in [0.05, 0.1) is 11.0 Å². The molecule has 0 unspecified atom stereocenters. The van der Waals surface area contributed by atoms with Crippen LogP contribution in [0.5, 0.6) is 0 Å². The Hall–Kier alpha value is -7.62. The van der Waals surface area contributed by atoms with Gasteiger partial charge in [-0.05, 0) is 152 Å². The summed E-state index contributed by atoms with van der Waals surface area (Å²) in [4.78, 5) is 0. The second-order valence-corrected chi connectivity index (χ2v) is 16.0. The molecule has 12 aromatic rings. The van der Waals surface area contributed by atoms with E-state index < -0.39 is 0 Å². The summed E-state index contributed by atoms with van der Waals surface area (Å²) >= 11 is 0. The zero-order valence-electron chi connectivity index (χ0n) is 31.2. The number of rotatable bonds is 1. The van der Waals surface area contributed by atoms with Crippen molar-refractivity contribution >= 4 is 65.7 Å². The molecule has 3 aromatic heterocycles. The first-order chi connectivity index (χ1) is 28.7. The van der Waals surface area contributed by atoms with Gasteiger partial charge in [0.1, 0.15) is 22.3 Å². The van der Waals surface area contributed by atoms with E-state index in [9.17, 15) is 0 Å². The summed E-state index contributed by atoms with van der Waals surface area (Å²) in [5.74, 6) is 0. The Labute approximate surface area is 332 Å². The highest BCUT2D eigenvalue weighted by Crippen LogP contribution is 2.54. The molecule has 3 nitrogen and oxygen atoms in total. The van der Waals surface area contributed by atoms with Crippen molar-refractivity contribution in [3.63, 3.8) is 0 Å². The molecule has 0 spiro atoms. The lowest BCUT2D eigenvalue weighted by Crippen LogP contribution is -2.00. The Kier molecular flexibility index (Phi) is 5.81. The lowest BCUT2D eigenvalue weighted by molar-refractivity contribution is 0.668. The van der Waals surface area contributed by atoms with E-state index in [4.69, 9.17) is 8.83 Å². The number of nitrogens with zero attached hydrogens (tertiary/aromatic N) is 1. The van der Waals surface area contributed by atoms with E-state index in [0.717, 1.165) is 67.1 Å². The molecule has 0 bridgehead atoms. The van der Waals surface area contributed by atoms with Gasteiger partial charge in [-0.2, -0.15) is 0 Å². The lowest BCUT2D eigenvalue weighted by Gasteiger charge is -2.25. The van der Waals surface area contributed by atoms with E-state index in [1.165, 1.54) is 77.4 Å². The number of para-hydroxylation sites is 4. The molecule has 0 saturated carbocycles. The van der Waals surface area contributed by atoms with Gasteiger partial charge >= 0.3 is 0 Å². The van der Waals surface area contributed by atoms with Crippen LogP contribution in [0.25, 0.3) is 127 Å². The van der Waals surface area contributed by atoms with Crippen LogP contribution >= 0.6 is 0 Å². The normalized spacial score (nSPS) is 12.8. The first-order valence-corrected chi connectivity index (χ1v) is 20.0. The summed E-state index contributed by atoms with van der Waals surface area (Å²) in [7, 11) is 0. The fraction of sp³-hybridized carbons (Fsp3) is 0.0182. The maximum atomic E-state index is 6.65.